The summed E-state index contributed by atoms with van der Waals surface area (Å²) in [6.07, 6.45) is 0. The normalized spacial score (nSPS) is 10.6. The van der Waals surface area contributed by atoms with Crippen LogP contribution in [0.2, 0.25) is 0 Å². The fourth-order valence-corrected chi connectivity index (χ4v) is 4.69. The van der Waals surface area contributed by atoms with Crippen molar-refractivity contribution in [1.29, 1.82) is 0 Å². The Morgan fingerprint density at radius 1 is 1.08 bits per heavy atom. The van der Waals surface area contributed by atoms with Gasteiger partial charge in [0.15, 0.2) is 8.68 Å². The molecule has 0 bridgehead atoms. The number of halogens is 1. The number of hydrogen-bond donors (Lipinski definition) is 1. The van der Waals surface area contributed by atoms with Crippen molar-refractivity contribution in [1.82, 2.24) is 15.1 Å². The summed E-state index contributed by atoms with van der Waals surface area (Å²) in [5.74, 6) is 0.0164. The fraction of sp³-hybridized carbons (Fsp3) is 0.375. The number of amides is 2. The summed E-state index contributed by atoms with van der Waals surface area (Å²) in [6, 6.07) is 5.59. The van der Waals surface area contributed by atoms with Crippen molar-refractivity contribution >= 4 is 52.4 Å². The number of hydrogen-bond acceptors (Lipinski definition) is 7. The number of anilines is 1. The number of benzene rings is 1. The first-order valence-corrected chi connectivity index (χ1v) is 10.7. The molecule has 2 rings (SSSR count). The van der Waals surface area contributed by atoms with E-state index in [1.165, 1.54) is 59.1 Å². The van der Waals surface area contributed by atoms with Crippen molar-refractivity contribution in [2.45, 2.75) is 22.5 Å². The molecule has 0 saturated heterocycles. The zero-order chi connectivity index (χ0) is 18.9. The topological polar surface area (TPSA) is 75.2 Å². The molecule has 0 aliphatic carbocycles. The van der Waals surface area contributed by atoms with Crippen molar-refractivity contribution in [2.75, 3.05) is 29.9 Å². The van der Waals surface area contributed by atoms with Crippen LogP contribution < -0.4 is 5.32 Å². The molecule has 1 N–H and O–H groups in total. The zero-order valence-corrected chi connectivity index (χ0v) is 16.8. The van der Waals surface area contributed by atoms with Crippen LogP contribution in [0, 0.1) is 5.82 Å². The summed E-state index contributed by atoms with van der Waals surface area (Å²) in [7, 11) is 0. The summed E-state index contributed by atoms with van der Waals surface area (Å²) in [5, 5.41) is 10.7. The van der Waals surface area contributed by atoms with E-state index in [0.717, 1.165) is 0 Å². The number of carbonyl (C=O) groups excluding carboxylic acids is 2. The van der Waals surface area contributed by atoms with Gasteiger partial charge in [-0.25, -0.2) is 4.39 Å². The first kappa shape index (κ1) is 20.7. The van der Waals surface area contributed by atoms with E-state index in [-0.39, 0.29) is 23.4 Å². The molecule has 0 aliphatic rings. The third-order valence-corrected chi connectivity index (χ3v) is 6.45. The summed E-state index contributed by atoms with van der Waals surface area (Å²) >= 11 is 3.98. The molecule has 2 amide bonds. The van der Waals surface area contributed by atoms with Crippen LogP contribution in [-0.4, -0.2) is 51.5 Å². The summed E-state index contributed by atoms with van der Waals surface area (Å²) in [4.78, 5) is 25.7. The first-order chi connectivity index (χ1) is 12.5. The van der Waals surface area contributed by atoms with Crippen molar-refractivity contribution in [3.8, 4) is 0 Å². The lowest BCUT2D eigenvalue weighted by Gasteiger charge is -2.17. The van der Waals surface area contributed by atoms with E-state index in [1.807, 2.05) is 13.8 Å². The van der Waals surface area contributed by atoms with Gasteiger partial charge in [-0.1, -0.05) is 34.9 Å². The molecule has 1 heterocycles. The zero-order valence-electron chi connectivity index (χ0n) is 14.4. The molecule has 6 nitrogen and oxygen atoms in total. The van der Waals surface area contributed by atoms with Gasteiger partial charge in [0.05, 0.1) is 11.5 Å². The Bertz CT molecular complexity index is 735. The quantitative estimate of drug-likeness (QED) is 0.634. The molecule has 0 fully saturated rings. The average molecular weight is 415 g/mol. The Morgan fingerprint density at radius 2 is 1.65 bits per heavy atom. The third kappa shape index (κ3) is 6.58. The molecule has 10 heteroatoms. The van der Waals surface area contributed by atoms with E-state index in [1.54, 1.807) is 4.90 Å². The molecule has 26 heavy (non-hydrogen) atoms. The summed E-state index contributed by atoms with van der Waals surface area (Å²) < 4.78 is 14.2. The van der Waals surface area contributed by atoms with Crippen molar-refractivity contribution < 1.29 is 14.0 Å². The maximum absolute atomic E-state index is 12.8. The molecule has 0 saturated carbocycles. The Kier molecular flexibility index (Phi) is 8.33. The Morgan fingerprint density at radius 3 is 2.23 bits per heavy atom. The van der Waals surface area contributed by atoms with Crippen molar-refractivity contribution in [2.24, 2.45) is 0 Å². The number of aromatic nitrogens is 2. The molecule has 1 aromatic heterocycles. The van der Waals surface area contributed by atoms with Gasteiger partial charge in [0.2, 0.25) is 11.8 Å². The highest BCUT2D eigenvalue weighted by molar-refractivity contribution is 8.03. The minimum atomic E-state index is -0.351. The van der Waals surface area contributed by atoms with E-state index in [2.05, 4.69) is 15.5 Å². The van der Waals surface area contributed by atoms with E-state index >= 15 is 0 Å². The Hall–Kier alpha value is -1.65. The Balaban J connectivity index is 1.76. The van der Waals surface area contributed by atoms with Gasteiger partial charge in [-0.05, 0) is 38.1 Å². The molecule has 0 spiro atoms. The third-order valence-electron chi connectivity index (χ3n) is 3.28. The summed E-state index contributed by atoms with van der Waals surface area (Å²) in [5.41, 5.74) is 0.542. The van der Waals surface area contributed by atoms with Gasteiger partial charge in [0.1, 0.15) is 5.82 Å². The molecule has 0 unspecified atom stereocenters. The van der Waals surface area contributed by atoms with Crippen LogP contribution in [0.5, 0.6) is 0 Å². The van der Waals surface area contributed by atoms with Crippen molar-refractivity contribution in [3.63, 3.8) is 0 Å². The van der Waals surface area contributed by atoms with Gasteiger partial charge in [0, 0.05) is 18.8 Å². The highest BCUT2D eigenvalue weighted by Gasteiger charge is 2.13. The van der Waals surface area contributed by atoms with Crippen LogP contribution in [0.4, 0.5) is 10.1 Å². The fourth-order valence-electron chi connectivity index (χ4n) is 1.96. The minimum Gasteiger partial charge on any atom is -0.343 e. The number of nitrogens with zero attached hydrogens (tertiary/aromatic N) is 3. The van der Waals surface area contributed by atoms with Gasteiger partial charge in [-0.2, -0.15) is 0 Å². The number of nitrogens with one attached hydrogen (secondary N) is 1. The Labute approximate surface area is 164 Å². The van der Waals surface area contributed by atoms with Gasteiger partial charge in [0.25, 0.3) is 0 Å². The van der Waals surface area contributed by atoms with Gasteiger partial charge in [-0.3, -0.25) is 9.59 Å². The summed E-state index contributed by atoms with van der Waals surface area (Å²) in [6.45, 7) is 5.28. The smallest absolute Gasteiger partial charge is 0.234 e. The molecule has 2 aromatic rings. The van der Waals surface area contributed by atoms with Gasteiger partial charge < -0.3 is 10.2 Å². The van der Waals surface area contributed by atoms with Crippen molar-refractivity contribution in [3.05, 3.63) is 30.1 Å². The first-order valence-electron chi connectivity index (χ1n) is 7.94. The molecular weight excluding hydrogens is 395 g/mol. The van der Waals surface area contributed by atoms with E-state index in [9.17, 15) is 14.0 Å². The monoisotopic (exact) mass is 414 g/mol. The number of carbonyl (C=O) groups is 2. The number of thioether (sulfide) groups is 2. The standard InChI is InChI=1S/C16H19FN4O2S3/c1-3-21(4-2)14(23)10-25-16-20-19-15(26-16)24-9-13(22)18-12-7-5-11(17)6-8-12/h5-8H,3-4,9-10H2,1-2H3,(H,18,22). The molecule has 0 atom stereocenters. The maximum Gasteiger partial charge on any atom is 0.234 e. The second kappa shape index (κ2) is 10.5. The predicted molar refractivity (Wildman–Crippen MR) is 104 cm³/mol. The van der Waals surface area contributed by atoms with Crippen LogP contribution in [0.15, 0.2) is 32.9 Å². The molecule has 0 radical (unpaired) electrons. The SMILES string of the molecule is CCN(CC)C(=O)CSc1nnc(SCC(=O)Nc2ccc(F)cc2)s1. The van der Waals surface area contributed by atoms with Gasteiger partial charge in [-0.15, -0.1) is 10.2 Å². The molecular formula is C16H19FN4O2S3. The highest BCUT2D eigenvalue weighted by Crippen LogP contribution is 2.29. The molecule has 0 aliphatic heterocycles. The van der Waals surface area contributed by atoms with E-state index in [0.29, 0.717) is 33.2 Å². The predicted octanol–water partition coefficient (Wildman–Crippen LogP) is 3.37. The lowest BCUT2D eigenvalue weighted by atomic mass is 10.3. The van der Waals surface area contributed by atoms with Crippen LogP contribution in [0.25, 0.3) is 0 Å². The lowest BCUT2D eigenvalue weighted by Crippen LogP contribution is -2.31. The lowest BCUT2D eigenvalue weighted by molar-refractivity contribution is -0.128. The van der Waals surface area contributed by atoms with Crippen LogP contribution in [0.3, 0.4) is 0 Å². The van der Waals surface area contributed by atoms with E-state index < -0.39 is 0 Å². The van der Waals surface area contributed by atoms with E-state index in [4.69, 9.17) is 0 Å². The van der Waals surface area contributed by atoms with Crippen LogP contribution >= 0.6 is 34.9 Å². The second-order valence-electron chi connectivity index (χ2n) is 5.03. The molecule has 1 aromatic carbocycles. The highest BCUT2D eigenvalue weighted by atomic mass is 32.2. The maximum atomic E-state index is 12.8. The van der Waals surface area contributed by atoms with Gasteiger partial charge >= 0.3 is 0 Å². The number of rotatable bonds is 9. The minimum absolute atomic E-state index is 0.0723. The van der Waals surface area contributed by atoms with Crippen LogP contribution in [0.1, 0.15) is 13.8 Å². The molecule has 140 valence electrons. The largest absolute Gasteiger partial charge is 0.343 e. The second-order valence-corrected chi connectivity index (χ2v) is 8.45. The van der Waals surface area contributed by atoms with Crippen LogP contribution in [-0.2, 0) is 9.59 Å². The average Bonchev–Trinajstić information content (AvgIpc) is 3.09.